The largest absolute Gasteiger partial charge is 0.370 e. The third-order valence-electron chi connectivity index (χ3n) is 3.63. The van der Waals surface area contributed by atoms with Gasteiger partial charge in [0.25, 0.3) is 0 Å². The fraction of sp³-hybridized carbons (Fsp3) is 0.667. The van der Waals surface area contributed by atoms with Crippen LogP contribution >= 0.6 is 0 Å². The smallest absolute Gasteiger partial charge is 0.126 e. The normalized spacial score (nSPS) is 15.7. The summed E-state index contributed by atoms with van der Waals surface area (Å²) < 4.78 is 0. The van der Waals surface area contributed by atoms with Gasteiger partial charge in [0.2, 0.25) is 0 Å². The Morgan fingerprint density at radius 2 is 2.28 bits per heavy atom. The molecule has 1 aromatic rings. The van der Waals surface area contributed by atoms with E-state index in [0.717, 1.165) is 31.2 Å². The summed E-state index contributed by atoms with van der Waals surface area (Å²) in [5, 5.41) is 3.34. The maximum absolute atomic E-state index is 4.34. The minimum atomic E-state index is 0.939. The van der Waals surface area contributed by atoms with Gasteiger partial charge < -0.3 is 10.2 Å². The van der Waals surface area contributed by atoms with Crippen molar-refractivity contribution in [2.75, 3.05) is 25.5 Å². The molecule has 1 aliphatic carbocycles. The van der Waals surface area contributed by atoms with Crippen LogP contribution in [0, 0.1) is 5.92 Å². The van der Waals surface area contributed by atoms with Crippen LogP contribution in [-0.4, -0.2) is 30.0 Å². The molecule has 1 fully saturated rings. The third kappa shape index (κ3) is 3.98. The zero-order valence-electron chi connectivity index (χ0n) is 11.7. The molecule has 1 heterocycles. The Morgan fingerprint density at radius 3 is 2.94 bits per heavy atom. The van der Waals surface area contributed by atoms with Crippen LogP contribution in [-0.2, 0) is 6.54 Å². The summed E-state index contributed by atoms with van der Waals surface area (Å²) in [6.45, 7) is 5.43. The van der Waals surface area contributed by atoms with Gasteiger partial charge in [-0.15, -0.1) is 0 Å². The Kier molecular flexibility index (Phi) is 5.00. The molecular weight excluding hydrogens is 222 g/mol. The van der Waals surface area contributed by atoms with Gasteiger partial charge >= 0.3 is 0 Å². The molecule has 0 aliphatic heterocycles. The van der Waals surface area contributed by atoms with Gasteiger partial charge in [-0.2, -0.15) is 0 Å². The summed E-state index contributed by atoms with van der Waals surface area (Å²) in [5.74, 6) is 1.95. The maximum atomic E-state index is 4.34. The van der Waals surface area contributed by atoms with Crippen molar-refractivity contribution in [2.45, 2.75) is 39.2 Å². The van der Waals surface area contributed by atoms with E-state index in [-0.39, 0.29) is 0 Å². The molecule has 0 bridgehead atoms. The average Bonchev–Trinajstić information content (AvgIpc) is 2.32. The van der Waals surface area contributed by atoms with Crippen LogP contribution in [0.4, 0.5) is 5.82 Å². The molecule has 100 valence electrons. The third-order valence-corrected chi connectivity index (χ3v) is 3.63. The van der Waals surface area contributed by atoms with Gasteiger partial charge in [-0.05, 0) is 49.9 Å². The lowest BCUT2D eigenvalue weighted by Crippen LogP contribution is -2.29. The molecule has 3 nitrogen and oxygen atoms in total. The van der Waals surface area contributed by atoms with Gasteiger partial charge in [0.05, 0.1) is 0 Å². The summed E-state index contributed by atoms with van der Waals surface area (Å²) in [7, 11) is 2.22. The summed E-state index contributed by atoms with van der Waals surface area (Å²) in [6.07, 6.45) is 7.31. The SMILES string of the molecule is CCCNc1cc(CN(C)CC2CCC2)ccn1. The highest BCUT2D eigenvalue weighted by Gasteiger charge is 2.18. The minimum Gasteiger partial charge on any atom is -0.370 e. The lowest BCUT2D eigenvalue weighted by molar-refractivity contribution is 0.200. The summed E-state index contributed by atoms with van der Waals surface area (Å²) in [6, 6.07) is 4.29. The van der Waals surface area contributed by atoms with E-state index in [1.807, 2.05) is 6.20 Å². The summed E-state index contributed by atoms with van der Waals surface area (Å²) in [5.41, 5.74) is 1.35. The molecule has 0 amide bonds. The number of nitrogens with zero attached hydrogens (tertiary/aromatic N) is 2. The predicted octanol–water partition coefficient (Wildman–Crippen LogP) is 3.14. The Hall–Kier alpha value is -1.09. The van der Waals surface area contributed by atoms with E-state index < -0.39 is 0 Å². The van der Waals surface area contributed by atoms with E-state index in [9.17, 15) is 0 Å². The highest BCUT2D eigenvalue weighted by Crippen LogP contribution is 2.27. The second-order valence-corrected chi connectivity index (χ2v) is 5.47. The van der Waals surface area contributed by atoms with Gasteiger partial charge in [-0.25, -0.2) is 4.98 Å². The van der Waals surface area contributed by atoms with Crippen molar-refractivity contribution in [3.63, 3.8) is 0 Å². The highest BCUT2D eigenvalue weighted by atomic mass is 15.1. The molecule has 2 rings (SSSR count). The fourth-order valence-corrected chi connectivity index (χ4v) is 2.41. The van der Waals surface area contributed by atoms with E-state index in [2.05, 4.69) is 41.3 Å². The molecule has 18 heavy (non-hydrogen) atoms. The summed E-state index contributed by atoms with van der Waals surface area (Å²) >= 11 is 0. The zero-order valence-corrected chi connectivity index (χ0v) is 11.7. The van der Waals surface area contributed by atoms with Crippen LogP contribution in [0.15, 0.2) is 18.3 Å². The summed E-state index contributed by atoms with van der Waals surface area (Å²) in [4.78, 5) is 6.78. The quantitative estimate of drug-likeness (QED) is 0.802. The monoisotopic (exact) mass is 247 g/mol. The Morgan fingerprint density at radius 1 is 1.44 bits per heavy atom. The highest BCUT2D eigenvalue weighted by molar-refractivity contribution is 5.37. The predicted molar refractivity (Wildman–Crippen MR) is 76.7 cm³/mol. The van der Waals surface area contributed by atoms with Crippen molar-refractivity contribution >= 4 is 5.82 Å². The standard InChI is InChI=1S/C15H25N3/c1-3-8-16-15-10-14(7-9-17-15)12-18(2)11-13-5-4-6-13/h7,9-10,13H,3-6,8,11-12H2,1-2H3,(H,16,17). The lowest BCUT2D eigenvalue weighted by atomic mass is 9.85. The molecule has 0 spiro atoms. The van der Waals surface area contributed by atoms with Crippen molar-refractivity contribution in [2.24, 2.45) is 5.92 Å². The van der Waals surface area contributed by atoms with Crippen LogP contribution in [0.2, 0.25) is 0 Å². The van der Waals surface area contributed by atoms with Crippen molar-refractivity contribution in [3.8, 4) is 0 Å². The van der Waals surface area contributed by atoms with E-state index in [0.29, 0.717) is 0 Å². The number of rotatable bonds is 7. The molecular formula is C15H25N3. The second kappa shape index (κ2) is 6.74. The second-order valence-electron chi connectivity index (χ2n) is 5.47. The molecule has 0 unspecified atom stereocenters. The van der Waals surface area contributed by atoms with Gasteiger partial charge in [-0.1, -0.05) is 13.3 Å². The molecule has 1 aromatic heterocycles. The molecule has 0 radical (unpaired) electrons. The molecule has 1 N–H and O–H groups in total. The minimum absolute atomic E-state index is 0.939. The van der Waals surface area contributed by atoms with E-state index in [4.69, 9.17) is 0 Å². The maximum Gasteiger partial charge on any atom is 0.126 e. The Bertz CT molecular complexity index is 361. The van der Waals surface area contributed by atoms with Crippen LogP contribution in [0.25, 0.3) is 0 Å². The fourth-order valence-electron chi connectivity index (χ4n) is 2.41. The molecule has 1 aliphatic rings. The van der Waals surface area contributed by atoms with Crippen LogP contribution in [0.5, 0.6) is 0 Å². The number of hydrogen-bond donors (Lipinski definition) is 1. The van der Waals surface area contributed by atoms with Crippen molar-refractivity contribution in [1.82, 2.24) is 9.88 Å². The van der Waals surface area contributed by atoms with Gasteiger partial charge in [-0.3, -0.25) is 0 Å². The number of pyridine rings is 1. The first kappa shape index (κ1) is 13.3. The van der Waals surface area contributed by atoms with Crippen molar-refractivity contribution < 1.29 is 0 Å². The van der Waals surface area contributed by atoms with Crippen molar-refractivity contribution in [3.05, 3.63) is 23.9 Å². The Balaban J connectivity index is 1.83. The van der Waals surface area contributed by atoms with Crippen molar-refractivity contribution in [1.29, 1.82) is 0 Å². The van der Waals surface area contributed by atoms with Gasteiger partial charge in [0, 0.05) is 25.8 Å². The number of anilines is 1. The number of aromatic nitrogens is 1. The topological polar surface area (TPSA) is 28.2 Å². The van der Waals surface area contributed by atoms with E-state index >= 15 is 0 Å². The number of hydrogen-bond acceptors (Lipinski definition) is 3. The molecule has 0 saturated heterocycles. The Labute approximate surface area is 111 Å². The van der Waals surface area contributed by atoms with E-state index in [1.165, 1.54) is 31.4 Å². The molecule has 0 aromatic carbocycles. The van der Waals surface area contributed by atoms with Crippen LogP contribution in [0.3, 0.4) is 0 Å². The first-order valence-corrected chi connectivity index (χ1v) is 7.15. The van der Waals surface area contributed by atoms with Crippen LogP contribution in [0.1, 0.15) is 38.2 Å². The lowest BCUT2D eigenvalue weighted by Gasteiger charge is -2.30. The first-order chi connectivity index (χ1) is 8.78. The van der Waals surface area contributed by atoms with Gasteiger partial charge in [0.1, 0.15) is 5.82 Å². The first-order valence-electron chi connectivity index (χ1n) is 7.15. The van der Waals surface area contributed by atoms with Crippen LogP contribution < -0.4 is 5.32 Å². The average molecular weight is 247 g/mol. The van der Waals surface area contributed by atoms with E-state index in [1.54, 1.807) is 0 Å². The zero-order chi connectivity index (χ0) is 12.8. The molecule has 3 heteroatoms. The number of nitrogens with one attached hydrogen (secondary N) is 1. The molecule has 1 saturated carbocycles. The van der Waals surface area contributed by atoms with Gasteiger partial charge in [0.15, 0.2) is 0 Å². The molecule has 0 atom stereocenters.